The van der Waals surface area contributed by atoms with Crippen molar-refractivity contribution in [1.82, 2.24) is 4.98 Å². The second-order valence-corrected chi connectivity index (χ2v) is 4.83. The molecule has 2 nitrogen and oxygen atoms in total. The van der Waals surface area contributed by atoms with E-state index in [1.54, 1.807) is 6.20 Å². The SMILES string of the molecule is Cc1c(Cl)cccc1Nc1cccc2cccnc12. The fourth-order valence-corrected chi connectivity index (χ4v) is 2.27. The van der Waals surface area contributed by atoms with E-state index >= 15 is 0 Å². The van der Waals surface area contributed by atoms with Crippen LogP contribution in [0.2, 0.25) is 5.02 Å². The van der Waals surface area contributed by atoms with E-state index in [9.17, 15) is 0 Å². The maximum atomic E-state index is 6.14. The maximum Gasteiger partial charge on any atom is 0.0936 e. The Labute approximate surface area is 117 Å². The van der Waals surface area contributed by atoms with Gasteiger partial charge < -0.3 is 5.32 Å². The second kappa shape index (κ2) is 4.90. The average Bonchev–Trinajstić information content (AvgIpc) is 2.44. The van der Waals surface area contributed by atoms with Crippen LogP contribution in [-0.4, -0.2) is 4.98 Å². The predicted octanol–water partition coefficient (Wildman–Crippen LogP) is 4.94. The summed E-state index contributed by atoms with van der Waals surface area (Å²) in [5, 5.41) is 5.29. The third kappa shape index (κ3) is 2.27. The van der Waals surface area contributed by atoms with Gasteiger partial charge in [-0.3, -0.25) is 4.98 Å². The van der Waals surface area contributed by atoms with E-state index in [1.165, 1.54) is 0 Å². The van der Waals surface area contributed by atoms with E-state index in [0.717, 1.165) is 32.9 Å². The van der Waals surface area contributed by atoms with Crippen LogP contribution < -0.4 is 5.32 Å². The summed E-state index contributed by atoms with van der Waals surface area (Å²) in [6.07, 6.45) is 1.80. The average molecular weight is 269 g/mol. The number of hydrogen-bond donors (Lipinski definition) is 1. The minimum absolute atomic E-state index is 0.762. The van der Waals surface area contributed by atoms with Crippen molar-refractivity contribution in [3.63, 3.8) is 0 Å². The van der Waals surface area contributed by atoms with Crippen LogP contribution in [0.5, 0.6) is 0 Å². The van der Waals surface area contributed by atoms with Gasteiger partial charge in [0, 0.05) is 22.3 Å². The Bertz CT molecular complexity index is 732. The molecule has 0 radical (unpaired) electrons. The third-order valence-electron chi connectivity index (χ3n) is 3.17. The lowest BCUT2D eigenvalue weighted by atomic mass is 10.1. The molecule has 0 aliphatic heterocycles. The first-order valence-electron chi connectivity index (χ1n) is 6.11. The minimum Gasteiger partial charge on any atom is -0.353 e. The van der Waals surface area contributed by atoms with Crippen LogP contribution in [0.4, 0.5) is 11.4 Å². The summed E-state index contributed by atoms with van der Waals surface area (Å²) in [5.41, 5.74) is 4.00. The lowest BCUT2D eigenvalue weighted by Crippen LogP contribution is -1.95. The lowest BCUT2D eigenvalue weighted by Gasteiger charge is -2.12. The number of hydrogen-bond acceptors (Lipinski definition) is 2. The number of nitrogens with zero attached hydrogens (tertiary/aromatic N) is 1. The van der Waals surface area contributed by atoms with Gasteiger partial charge in [-0.2, -0.15) is 0 Å². The molecule has 0 fully saturated rings. The Morgan fingerprint density at radius 1 is 0.947 bits per heavy atom. The van der Waals surface area contributed by atoms with Crippen molar-refractivity contribution < 1.29 is 0 Å². The highest BCUT2D eigenvalue weighted by atomic mass is 35.5. The van der Waals surface area contributed by atoms with Gasteiger partial charge in [-0.15, -0.1) is 0 Å². The van der Waals surface area contributed by atoms with Crippen molar-refractivity contribution in [2.24, 2.45) is 0 Å². The monoisotopic (exact) mass is 268 g/mol. The molecule has 0 amide bonds. The minimum atomic E-state index is 0.762. The van der Waals surface area contributed by atoms with Gasteiger partial charge in [0.2, 0.25) is 0 Å². The molecule has 0 atom stereocenters. The van der Waals surface area contributed by atoms with Gasteiger partial charge in [0.1, 0.15) is 0 Å². The molecule has 1 heterocycles. The predicted molar refractivity (Wildman–Crippen MR) is 81.2 cm³/mol. The largest absolute Gasteiger partial charge is 0.353 e. The summed E-state index contributed by atoms with van der Waals surface area (Å²) in [7, 11) is 0. The summed E-state index contributed by atoms with van der Waals surface area (Å²) in [4.78, 5) is 4.43. The molecule has 19 heavy (non-hydrogen) atoms. The van der Waals surface area contributed by atoms with Crippen LogP contribution in [-0.2, 0) is 0 Å². The summed E-state index contributed by atoms with van der Waals surface area (Å²) < 4.78 is 0. The summed E-state index contributed by atoms with van der Waals surface area (Å²) in [5.74, 6) is 0. The Balaban J connectivity index is 2.09. The molecule has 0 unspecified atom stereocenters. The zero-order valence-corrected chi connectivity index (χ0v) is 11.3. The molecule has 1 N–H and O–H groups in total. The van der Waals surface area contributed by atoms with E-state index in [2.05, 4.69) is 22.4 Å². The number of fused-ring (bicyclic) bond motifs is 1. The number of rotatable bonds is 2. The van der Waals surface area contributed by atoms with Crippen molar-refractivity contribution >= 4 is 33.9 Å². The van der Waals surface area contributed by atoms with E-state index < -0.39 is 0 Å². The van der Waals surface area contributed by atoms with Crippen LogP contribution in [0.25, 0.3) is 10.9 Å². The number of halogens is 1. The molecule has 3 aromatic rings. The summed E-state index contributed by atoms with van der Waals surface area (Å²) >= 11 is 6.14. The van der Waals surface area contributed by atoms with Gasteiger partial charge in [-0.05, 0) is 36.8 Å². The van der Waals surface area contributed by atoms with E-state index in [1.807, 2.05) is 43.3 Å². The van der Waals surface area contributed by atoms with Crippen LogP contribution in [0.3, 0.4) is 0 Å². The summed E-state index contributed by atoms with van der Waals surface area (Å²) in [6, 6.07) is 15.9. The molecular weight excluding hydrogens is 256 g/mol. The first-order valence-corrected chi connectivity index (χ1v) is 6.49. The van der Waals surface area contributed by atoms with E-state index in [4.69, 9.17) is 11.6 Å². The smallest absolute Gasteiger partial charge is 0.0936 e. The molecule has 0 saturated carbocycles. The molecule has 94 valence electrons. The highest BCUT2D eigenvalue weighted by Crippen LogP contribution is 2.29. The van der Waals surface area contributed by atoms with Crippen molar-refractivity contribution in [2.75, 3.05) is 5.32 Å². The fraction of sp³-hybridized carbons (Fsp3) is 0.0625. The van der Waals surface area contributed by atoms with Crippen molar-refractivity contribution in [3.05, 3.63) is 65.3 Å². The van der Waals surface area contributed by atoms with Gasteiger partial charge >= 0.3 is 0 Å². The van der Waals surface area contributed by atoms with Gasteiger partial charge in [0.05, 0.1) is 11.2 Å². The van der Waals surface area contributed by atoms with Crippen molar-refractivity contribution in [3.8, 4) is 0 Å². The van der Waals surface area contributed by atoms with Crippen molar-refractivity contribution in [2.45, 2.75) is 6.92 Å². The molecular formula is C16H13ClN2. The number of pyridine rings is 1. The second-order valence-electron chi connectivity index (χ2n) is 4.42. The molecule has 0 saturated heterocycles. The first kappa shape index (κ1) is 12.0. The Hall–Kier alpha value is -2.06. The van der Waals surface area contributed by atoms with Crippen LogP contribution in [0, 0.1) is 6.92 Å². The van der Waals surface area contributed by atoms with E-state index in [0.29, 0.717) is 0 Å². The first-order chi connectivity index (χ1) is 9.25. The van der Waals surface area contributed by atoms with Crippen LogP contribution in [0.15, 0.2) is 54.7 Å². The summed E-state index contributed by atoms with van der Waals surface area (Å²) in [6.45, 7) is 2.00. The molecule has 2 aromatic carbocycles. The number of para-hydroxylation sites is 1. The quantitative estimate of drug-likeness (QED) is 0.712. The van der Waals surface area contributed by atoms with Gasteiger partial charge in [-0.25, -0.2) is 0 Å². The lowest BCUT2D eigenvalue weighted by molar-refractivity contribution is 1.39. The van der Waals surface area contributed by atoms with Crippen LogP contribution >= 0.6 is 11.6 Å². The van der Waals surface area contributed by atoms with E-state index in [-0.39, 0.29) is 0 Å². The van der Waals surface area contributed by atoms with Crippen molar-refractivity contribution in [1.29, 1.82) is 0 Å². The molecule has 3 rings (SSSR count). The molecule has 0 bridgehead atoms. The molecule has 0 spiro atoms. The number of anilines is 2. The molecule has 3 heteroatoms. The zero-order chi connectivity index (χ0) is 13.2. The zero-order valence-electron chi connectivity index (χ0n) is 10.5. The normalized spacial score (nSPS) is 10.6. The molecule has 0 aliphatic rings. The Morgan fingerprint density at radius 2 is 1.68 bits per heavy atom. The number of nitrogens with one attached hydrogen (secondary N) is 1. The van der Waals surface area contributed by atoms with Gasteiger partial charge in [0.15, 0.2) is 0 Å². The molecule has 1 aromatic heterocycles. The fourth-order valence-electron chi connectivity index (χ4n) is 2.09. The number of aromatic nitrogens is 1. The van der Waals surface area contributed by atoms with Crippen LogP contribution in [0.1, 0.15) is 5.56 Å². The Kier molecular flexibility index (Phi) is 3.10. The highest BCUT2D eigenvalue weighted by molar-refractivity contribution is 6.31. The Morgan fingerprint density at radius 3 is 2.58 bits per heavy atom. The van der Waals surface area contributed by atoms with Gasteiger partial charge in [-0.1, -0.05) is 35.9 Å². The standard InChI is InChI=1S/C16H13ClN2/c1-11-13(17)7-3-8-14(11)19-15-9-2-5-12-6-4-10-18-16(12)15/h2-10,19H,1H3. The maximum absolute atomic E-state index is 6.14. The third-order valence-corrected chi connectivity index (χ3v) is 3.58. The number of benzene rings is 2. The topological polar surface area (TPSA) is 24.9 Å². The highest BCUT2D eigenvalue weighted by Gasteiger charge is 2.05. The molecule has 0 aliphatic carbocycles. The van der Waals surface area contributed by atoms with Gasteiger partial charge in [0.25, 0.3) is 0 Å².